The third-order valence-electron chi connectivity index (χ3n) is 4.19. The van der Waals surface area contributed by atoms with Crippen molar-refractivity contribution in [2.75, 3.05) is 39.8 Å². The van der Waals surface area contributed by atoms with Gasteiger partial charge in [0, 0.05) is 31.0 Å². The Bertz CT molecular complexity index is 475. The van der Waals surface area contributed by atoms with Crippen LogP contribution in [0.2, 0.25) is 0 Å². The molecule has 2 saturated heterocycles. The van der Waals surface area contributed by atoms with Crippen molar-refractivity contribution in [1.29, 1.82) is 0 Å². The highest BCUT2D eigenvalue weighted by Crippen LogP contribution is 2.28. The summed E-state index contributed by atoms with van der Waals surface area (Å²) < 4.78 is 6.05. The highest BCUT2D eigenvalue weighted by Gasteiger charge is 2.41. The number of morpholine rings is 1. The van der Waals surface area contributed by atoms with E-state index in [0.717, 1.165) is 25.9 Å². The monoisotopic (exact) mass is 275 g/mol. The topological polar surface area (TPSA) is 45.7 Å². The Morgan fingerprint density at radius 1 is 1.30 bits per heavy atom. The number of amides is 1. The number of nitrogens with zero attached hydrogens (tertiary/aromatic N) is 3. The molecular formula is C15H21N3O2. The Hall–Kier alpha value is -1.46. The van der Waals surface area contributed by atoms with Crippen molar-refractivity contribution in [3.8, 4) is 0 Å². The predicted octanol–water partition coefficient (Wildman–Crippen LogP) is 1.02. The van der Waals surface area contributed by atoms with Crippen molar-refractivity contribution in [1.82, 2.24) is 14.8 Å². The van der Waals surface area contributed by atoms with Crippen molar-refractivity contribution >= 4 is 5.91 Å². The summed E-state index contributed by atoms with van der Waals surface area (Å²) in [5.41, 5.74) is 0.537. The van der Waals surface area contributed by atoms with Crippen molar-refractivity contribution in [2.24, 2.45) is 0 Å². The van der Waals surface area contributed by atoms with Crippen LogP contribution in [0.1, 0.15) is 23.2 Å². The van der Waals surface area contributed by atoms with E-state index in [2.05, 4.69) is 16.9 Å². The van der Waals surface area contributed by atoms with E-state index in [4.69, 9.17) is 4.74 Å². The van der Waals surface area contributed by atoms with E-state index in [0.29, 0.717) is 25.3 Å². The van der Waals surface area contributed by atoms with Gasteiger partial charge in [-0.15, -0.1) is 0 Å². The van der Waals surface area contributed by atoms with Crippen LogP contribution >= 0.6 is 0 Å². The van der Waals surface area contributed by atoms with Crippen LogP contribution in [0.3, 0.4) is 0 Å². The molecule has 108 valence electrons. The normalized spacial score (nSPS) is 27.8. The molecule has 0 saturated carbocycles. The van der Waals surface area contributed by atoms with Crippen molar-refractivity contribution < 1.29 is 9.53 Å². The van der Waals surface area contributed by atoms with Gasteiger partial charge in [0.05, 0.1) is 18.8 Å². The molecule has 1 spiro atoms. The molecule has 5 heteroatoms. The van der Waals surface area contributed by atoms with Crippen LogP contribution in [0, 0.1) is 0 Å². The van der Waals surface area contributed by atoms with Gasteiger partial charge in [-0.25, -0.2) is 0 Å². The highest BCUT2D eigenvalue weighted by molar-refractivity contribution is 5.94. The minimum absolute atomic E-state index is 0.0864. The highest BCUT2D eigenvalue weighted by atomic mass is 16.5. The molecule has 2 aliphatic rings. The first kappa shape index (κ1) is 13.5. The molecule has 20 heavy (non-hydrogen) atoms. The summed E-state index contributed by atoms with van der Waals surface area (Å²) in [6.45, 7) is 4.02. The molecule has 3 rings (SSSR count). The van der Waals surface area contributed by atoms with Gasteiger partial charge in [-0.05, 0) is 38.6 Å². The summed E-state index contributed by atoms with van der Waals surface area (Å²) in [6, 6.07) is 3.55. The largest absolute Gasteiger partial charge is 0.370 e. The Balaban J connectivity index is 1.73. The molecule has 0 N–H and O–H groups in total. The summed E-state index contributed by atoms with van der Waals surface area (Å²) >= 11 is 0. The van der Waals surface area contributed by atoms with Crippen molar-refractivity contribution in [3.05, 3.63) is 30.1 Å². The quantitative estimate of drug-likeness (QED) is 0.767. The van der Waals surface area contributed by atoms with Crippen LogP contribution in [-0.2, 0) is 4.74 Å². The fourth-order valence-electron chi connectivity index (χ4n) is 3.26. The van der Waals surface area contributed by atoms with Gasteiger partial charge in [-0.3, -0.25) is 9.78 Å². The molecule has 1 amide bonds. The van der Waals surface area contributed by atoms with Crippen LogP contribution in [0.4, 0.5) is 0 Å². The molecule has 5 nitrogen and oxygen atoms in total. The second-order valence-corrected chi connectivity index (χ2v) is 5.84. The van der Waals surface area contributed by atoms with Crippen LogP contribution in [0.25, 0.3) is 0 Å². The third-order valence-corrected chi connectivity index (χ3v) is 4.19. The lowest BCUT2D eigenvalue weighted by Gasteiger charge is -2.47. The number of hydrogen-bond acceptors (Lipinski definition) is 4. The Morgan fingerprint density at radius 3 is 2.85 bits per heavy atom. The minimum Gasteiger partial charge on any atom is -0.370 e. The summed E-state index contributed by atoms with van der Waals surface area (Å²) in [4.78, 5) is 20.7. The first-order chi connectivity index (χ1) is 9.69. The molecule has 0 aliphatic carbocycles. The fourth-order valence-corrected chi connectivity index (χ4v) is 3.26. The van der Waals surface area contributed by atoms with Gasteiger partial charge in [-0.2, -0.15) is 0 Å². The van der Waals surface area contributed by atoms with E-state index < -0.39 is 0 Å². The number of aromatic nitrogens is 1. The molecule has 2 aliphatic heterocycles. The zero-order valence-electron chi connectivity index (χ0n) is 11.9. The number of ether oxygens (including phenoxy) is 1. The van der Waals surface area contributed by atoms with Crippen LogP contribution in [0.5, 0.6) is 0 Å². The predicted molar refractivity (Wildman–Crippen MR) is 75.6 cm³/mol. The zero-order chi connectivity index (χ0) is 14.0. The van der Waals surface area contributed by atoms with Crippen molar-refractivity contribution in [2.45, 2.75) is 18.4 Å². The minimum atomic E-state index is -0.173. The maximum absolute atomic E-state index is 12.5. The van der Waals surface area contributed by atoms with Gasteiger partial charge in [-0.1, -0.05) is 0 Å². The van der Waals surface area contributed by atoms with E-state index >= 15 is 0 Å². The maximum atomic E-state index is 12.5. The fraction of sp³-hybridized carbons (Fsp3) is 0.600. The molecule has 3 heterocycles. The van der Waals surface area contributed by atoms with E-state index in [1.807, 2.05) is 4.90 Å². The van der Waals surface area contributed by atoms with Gasteiger partial charge in [0.25, 0.3) is 5.91 Å². The Morgan fingerprint density at radius 2 is 2.10 bits per heavy atom. The summed E-state index contributed by atoms with van der Waals surface area (Å²) in [5.74, 6) is 0.0864. The van der Waals surface area contributed by atoms with Gasteiger partial charge >= 0.3 is 0 Å². The van der Waals surface area contributed by atoms with E-state index in [1.165, 1.54) is 0 Å². The second kappa shape index (κ2) is 5.50. The van der Waals surface area contributed by atoms with Gasteiger partial charge in [0.15, 0.2) is 0 Å². The SMILES string of the molecule is CN1CCCC2(C1)CN(C(=O)c1ccncc1)CCO2. The zero-order valence-corrected chi connectivity index (χ0v) is 11.9. The van der Waals surface area contributed by atoms with E-state index in [-0.39, 0.29) is 11.5 Å². The summed E-state index contributed by atoms with van der Waals surface area (Å²) in [6.07, 6.45) is 5.50. The van der Waals surface area contributed by atoms with Gasteiger partial charge in [0.2, 0.25) is 0 Å². The van der Waals surface area contributed by atoms with E-state index in [9.17, 15) is 4.79 Å². The van der Waals surface area contributed by atoms with E-state index in [1.54, 1.807) is 24.5 Å². The van der Waals surface area contributed by atoms with Gasteiger partial charge in [0.1, 0.15) is 0 Å². The number of carbonyl (C=O) groups excluding carboxylic acids is 1. The molecule has 0 radical (unpaired) electrons. The number of likely N-dealkylation sites (N-methyl/N-ethyl adjacent to an activating group) is 1. The third kappa shape index (κ3) is 2.69. The van der Waals surface area contributed by atoms with Crippen LogP contribution in [0.15, 0.2) is 24.5 Å². The molecular weight excluding hydrogens is 254 g/mol. The Kier molecular flexibility index (Phi) is 3.72. The molecule has 1 aromatic heterocycles. The van der Waals surface area contributed by atoms with Crippen molar-refractivity contribution in [3.63, 3.8) is 0 Å². The molecule has 0 bridgehead atoms. The number of pyridine rings is 1. The lowest BCUT2D eigenvalue weighted by molar-refractivity contribution is -0.128. The number of hydrogen-bond donors (Lipinski definition) is 0. The number of likely N-dealkylation sites (tertiary alicyclic amines) is 1. The summed E-state index contributed by atoms with van der Waals surface area (Å²) in [5, 5.41) is 0. The molecule has 0 aromatic carbocycles. The lowest BCUT2D eigenvalue weighted by atomic mass is 9.91. The standard InChI is InChI=1S/C15H21N3O2/c1-17-8-2-5-15(11-17)12-18(9-10-20-15)14(19)13-3-6-16-7-4-13/h3-4,6-7H,2,5,8-12H2,1H3. The van der Waals surface area contributed by atoms with Crippen LogP contribution in [-0.4, -0.2) is 66.1 Å². The number of rotatable bonds is 1. The number of piperidine rings is 1. The smallest absolute Gasteiger partial charge is 0.254 e. The molecule has 1 atom stereocenters. The number of carbonyl (C=O) groups is 1. The molecule has 1 aromatic rings. The second-order valence-electron chi connectivity index (χ2n) is 5.84. The first-order valence-corrected chi connectivity index (χ1v) is 7.20. The van der Waals surface area contributed by atoms with Crippen LogP contribution < -0.4 is 0 Å². The average molecular weight is 275 g/mol. The average Bonchev–Trinajstić information content (AvgIpc) is 2.47. The molecule has 2 fully saturated rings. The maximum Gasteiger partial charge on any atom is 0.254 e. The molecule has 1 unspecified atom stereocenters. The Labute approximate surface area is 119 Å². The lowest BCUT2D eigenvalue weighted by Crippen LogP contribution is -2.60. The van der Waals surface area contributed by atoms with Gasteiger partial charge < -0.3 is 14.5 Å². The summed E-state index contributed by atoms with van der Waals surface area (Å²) in [7, 11) is 2.12. The first-order valence-electron chi connectivity index (χ1n) is 7.20.